The van der Waals surface area contributed by atoms with Gasteiger partial charge in [-0.2, -0.15) is 0 Å². The molecule has 2 aliphatic carbocycles. The molecule has 2 nitrogen and oxygen atoms in total. The Kier molecular flexibility index (Phi) is 4.39. The number of carbonyl (C=O) groups excluding carboxylic acids is 1. The topological polar surface area (TPSA) is 20.3 Å². The predicted molar refractivity (Wildman–Crippen MR) is 81.2 cm³/mol. The molecule has 0 atom stereocenters. The molecule has 20 heavy (non-hydrogen) atoms. The fourth-order valence-corrected chi connectivity index (χ4v) is 3.34. The van der Waals surface area contributed by atoms with E-state index in [-0.39, 0.29) is 0 Å². The fraction of sp³-hybridized carbons (Fsp3) is 0.611. The molecular formula is C18H25NO. The van der Waals surface area contributed by atoms with Crippen LogP contribution in [0.3, 0.4) is 0 Å². The maximum Gasteiger partial charge on any atom is 0.223 e. The lowest BCUT2D eigenvalue weighted by Crippen LogP contribution is -2.34. The molecule has 2 fully saturated rings. The van der Waals surface area contributed by atoms with Gasteiger partial charge in [-0.05, 0) is 37.2 Å². The molecule has 108 valence electrons. The third-order valence-corrected chi connectivity index (χ3v) is 4.69. The molecule has 0 aromatic heterocycles. The van der Waals surface area contributed by atoms with Gasteiger partial charge in [0.05, 0.1) is 0 Å². The molecule has 0 saturated heterocycles. The highest BCUT2D eigenvalue weighted by Crippen LogP contribution is 2.32. The van der Waals surface area contributed by atoms with E-state index in [0.717, 1.165) is 13.0 Å². The monoisotopic (exact) mass is 271 g/mol. The van der Waals surface area contributed by atoms with E-state index >= 15 is 0 Å². The van der Waals surface area contributed by atoms with Crippen molar-refractivity contribution in [3.63, 3.8) is 0 Å². The summed E-state index contributed by atoms with van der Waals surface area (Å²) in [5, 5.41) is 0. The van der Waals surface area contributed by atoms with Crippen molar-refractivity contribution in [3.8, 4) is 0 Å². The number of rotatable bonds is 5. The van der Waals surface area contributed by atoms with Gasteiger partial charge in [-0.3, -0.25) is 4.79 Å². The molecule has 0 radical (unpaired) electrons. The van der Waals surface area contributed by atoms with E-state index in [9.17, 15) is 4.79 Å². The van der Waals surface area contributed by atoms with Crippen LogP contribution in [0.15, 0.2) is 30.3 Å². The van der Waals surface area contributed by atoms with E-state index in [1.807, 2.05) is 6.07 Å². The van der Waals surface area contributed by atoms with Gasteiger partial charge in [-0.1, -0.05) is 49.6 Å². The summed E-state index contributed by atoms with van der Waals surface area (Å²) < 4.78 is 0. The molecule has 0 spiro atoms. The van der Waals surface area contributed by atoms with Crippen molar-refractivity contribution >= 4 is 5.91 Å². The zero-order valence-electron chi connectivity index (χ0n) is 12.3. The highest BCUT2D eigenvalue weighted by atomic mass is 16.2. The van der Waals surface area contributed by atoms with Gasteiger partial charge in [-0.15, -0.1) is 0 Å². The summed E-state index contributed by atoms with van der Waals surface area (Å²) in [5.74, 6) is 1.04. The van der Waals surface area contributed by atoms with Crippen LogP contribution < -0.4 is 0 Å². The number of hydrogen-bond donors (Lipinski definition) is 0. The normalized spacial score (nSPS) is 19.8. The molecular weight excluding hydrogens is 246 g/mol. The Labute approximate surface area is 122 Å². The molecule has 0 heterocycles. The number of hydrogen-bond acceptors (Lipinski definition) is 1. The van der Waals surface area contributed by atoms with Gasteiger partial charge in [-0.25, -0.2) is 0 Å². The Bertz CT molecular complexity index is 432. The second kappa shape index (κ2) is 6.43. The molecule has 0 unspecified atom stereocenters. The van der Waals surface area contributed by atoms with Crippen LogP contribution in [0.2, 0.25) is 0 Å². The van der Waals surface area contributed by atoms with Gasteiger partial charge < -0.3 is 4.90 Å². The van der Waals surface area contributed by atoms with E-state index in [1.54, 1.807) is 0 Å². The van der Waals surface area contributed by atoms with Crippen molar-refractivity contribution in [1.29, 1.82) is 0 Å². The molecule has 2 saturated carbocycles. The van der Waals surface area contributed by atoms with Gasteiger partial charge in [0.25, 0.3) is 0 Å². The minimum atomic E-state index is 0.392. The highest BCUT2D eigenvalue weighted by Gasteiger charge is 2.33. The molecule has 0 aliphatic heterocycles. The van der Waals surface area contributed by atoms with E-state index in [1.165, 1.54) is 50.5 Å². The lowest BCUT2D eigenvalue weighted by atomic mass is 9.86. The zero-order valence-corrected chi connectivity index (χ0v) is 12.3. The van der Waals surface area contributed by atoms with Gasteiger partial charge in [0.2, 0.25) is 5.91 Å². The maximum absolute atomic E-state index is 12.6. The Morgan fingerprint density at radius 3 is 2.35 bits per heavy atom. The van der Waals surface area contributed by atoms with Crippen molar-refractivity contribution in [2.45, 2.75) is 64.0 Å². The standard InChI is InChI=1S/C18H25NO/c20-18(13-15-7-3-1-4-8-15)19(17-11-12-17)14-16-9-5-2-6-10-16/h2,5-6,9-10,15,17H,1,3-4,7-8,11-14H2. The smallest absolute Gasteiger partial charge is 0.223 e. The summed E-state index contributed by atoms with van der Waals surface area (Å²) in [6.07, 6.45) is 9.70. The van der Waals surface area contributed by atoms with Gasteiger partial charge in [0.15, 0.2) is 0 Å². The van der Waals surface area contributed by atoms with E-state index in [0.29, 0.717) is 17.9 Å². The fourth-order valence-electron chi connectivity index (χ4n) is 3.34. The van der Waals surface area contributed by atoms with Crippen LogP contribution in [0.1, 0.15) is 56.9 Å². The summed E-state index contributed by atoms with van der Waals surface area (Å²) >= 11 is 0. The van der Waals surface area contributed by atoms with Crippen molar-refractivity contribution < 1.29 is 4.79 Å². The lowest BCUT2D eigenvalue weighted by Gasteiger charge is -2.27. The van der Waals surface area contributed by atoms with Crippen LogP contribution in [0.25, 0.3) is 0 Å². The second-order valence-electron chi connectivity index (χ2n) is 6.45. The van der Waals surface area contributed by atoms with E-state index in [4.69, 9.17) is 0 Å². The van der Waals surface area contributed by atoms with Crippen molar-refractivity contribution in [1.82, 2.24) is 4.90 Å². The predicted octanol–water partition coefficient (Wildman–Crippen LogP) is 4.15. The second-order valence-corrected chi connectivity index (χ2v) is 6.45. The first kappa shape index (κ1) is 13.7. The molecule has 1 aromatic rings. The van der Waals surface area contributed by atoms with Crippen LogP contribution in [0, 0.1) is 5.92 Å². The van der Waals surface area contributed by atoms with E-state index < -0.39 is 0 Å². The van der Waals surface area contributed by atoms with Crippen molar-refractivity contribution in [2.24, 2.45) is 5.92 Å². The largest absolute Gasteiger partial charge is 0.335 e. The maximum atomic E-state index is 12.6. The van der Waals surface area contributed by atoms with Crippen molar-refractivity contribution in [3.05, 3.63) is 35.9 Å². The molecule has 3 rings (SSSR count). The van der Waals surface area contributed by atoms with Crippen LogP contribution >= 0.6 is 0 Å². The third kappa shape index (κ3) is 3.62. The van der Waals surface area contributed by atoms with Gasteiger partial charge >= 0.3 is 0 Å². The summed E-state index contributed by atoms with van der Waals surface area (Å²) in [7, 11) is 0. The van der Waals surface area contributed by atoms with E-state index in [2.05, 4.69) is 29.2 Å². The Hall–Kier alpha value is -1.31. The Morgan fingerprint density at radius 1 is 1.00 bits per heavy atom. The quantitative estimate of drug-likeness (QED) is 0.788. The van der Waals surface area contributed by atoms with Gasteiger partial charge in [0, 0.05) is 19.0 Å². The summed E-state index contributed by atoms with van der Waals surface area (Å²) in [4.78, 5) is 14.8. The summed E-state index contributed by atoms with van der Waals surface area (Å²) in [5.41, 5.74) is 1.26. The van der Waals surface area contributed by atoms with Crippen LogP contribution in [-0.4, -0.2) is 16.8 Å². The minimum Gasteiger partial charge on any atom is -0.335 e. The lowest BCUT2D eigenvalue weighted by molar-refractivity contribution is -0.133. The Balaban J connectivity index is 1.59. The van der Waals surface area contributed by atoms with Crippen LogP contribution in [0.4, 0.5) is 0 Å². The van der Waals surface area contributed by atoms with Crippen LogP contribution in [0.5, 0.6) is 0 Å². The SMILES string of the molecule is O=C(CC1CCCCC1)N(Cc1ccccc1)C1CC1. The molecule has 1 aromatic carbocycles. The van der Waals surface area contributed by atoms with Crippen molar-refractivity contribution in [2.75, 3.05) is 0 Å². The first-order valence-corrected chi connectivity index (χ1v) is 8.16. The molecule has 1 amide bonds. The first-order valence-electron chi connectivity index (χ1n) is 8.16. The minimum absolute atomic E-state index is 0.392. The average Bonchev–Trinajstić information content (AvgIpc) is 3.31. The molecule has 2 heteroatoms. The summed E-state index contributed by atoms with van der Waals surface area (Å²) in [6.45, 7) is 0.803. The average molecular weight is 271 g/mol. The molecule has 0 bridgehead atoms. The summed E-state index contributed by atoms with van der Waals surface area (Å²) in [6, 6.07) is 10.9. The van der Waals surface area contributed by atoms with Gasteiger partial charge in [0.1, 0.15) is 0 Å². The first-order chi connectivity index (χ1) is 9.83. The number of carbonyl (C=O) groups is 1. The Morgan fingerprint density at radius 2 is 1.70 bits per heavy atom. The molecule has 0 N–H and O–H groups in total. The third-order valence-electron chi connectivity index (χ3n) is 4.69. The number of nitrogens with zero attached hydrogens (tertiary/aromatic N) is 1. The van der Waals surface area contributed by atoms with Crippen LogP contribution in [-0.2, 0) is 11.3 Å². The zero-order chi connectivity index (χ0) is 13.8. The highest BCUT2D eigenvalue weighted by molar-refractivity contribution is 5.77. The number of amides is 1. The number of benzene rings is 1. The molecule has 2 aliphatic rings.